The Hall–Kier alpha value is -1.64. The van der Waals surface area contributed by atoms with Crippen molar-refractivity contribution in [2.75, 3.05) is 13.1 Å². The third-order valence-electron chi connectivity index (χ3n) is 5.57. The molecule has 2 atom stereocenters. The van der Waals surface area contributed by atoms with Gasteiger partial charge < -0.3 is 4.90 Å². The van der Waals surface area contributed by atoms with Crippen molar-refractivity contribution in [1.82, 2.24) is 4.90 Å². The number of hydrogen-bond acceptors (Lipinski definition) is 2. The summed E-state index contributed by atoms with van der Waals surface area (Å²) in [5.41, 5.74) is 1.40. The quantitative estimate of drug-likeness (QED) is 0.857. The fourth-order valence-electron chi connectivity index (χ4n) is 4.03. The monoisotopic (exact) mass is 313 g/mol. The van der Waals surface area contributed by atoms with Crippen molar-refractivity contribution < 1.29 is 9.59 Å². The molecule has 0 aromatic heterocycles. The van der Waals surface area contributed by atoms with Gasteiger partial charge in [0.15, 0.2) is 0 Å². The molecule has 0 radical (unpaired) electrons. The van der Waals surface area contributed by atoms with E-state index in [0.29, 0.717) is 24.0 Å². The highest BCUT2D eigenvalue weighted by molar-refractivity contribution is 5.86. The van der Waals surface area contributed by atoms with Gasteiger partial charge in [0.1, 0.15) is 5.78 Å². The molecule has 1 heterocycles. The minimum Gasteiger partial charge on any atom is -0.342 e. The van der Waals surface area contributed by atoms with Crippen LogP contribution in [0.4, 0.5) is 0 Å². The van der Waals surface area contributed by atoms with Gasteiger partial charge in [-0.1, -0.05) is 37.3 Å². The summed E-state index contributed by atoms with van der Waals surface area (Å²) in [4.78, 5) is 26.4. The van der Waals surface area contributed by atoms with E-state index in [2.05, 4.69) is 35.2 Å². The minimum atomic E-state index is 0.0633. The van der Waals surface area contributed by atoms with E-state index in [-0.39, 0.29) is 11.8 Å². The molecular weight excluding hydrogens is 286 g/mol. The number of rotatable bonds is 3. The molecule has 2 aliphatic rings. The third-order valence-corrected chi connectivity index (χ3v) is 5.57. The molecule has 1 amide bonds. The van der Waals surface area contributed by atoms with Crippen molar-refractivity contribution in [1.29, 1.82) is 0 Å². The van der Waals surface area contributed by atoms with Gasteiger partial charge >= 0.3 is 0 Å². The Morgan fingerprint density at radius 3 is 2.48 bits per heavy atom. The first kappa shape index (κ1) is 16.2. The van der Waals surface area contributed by atoms with Crippen LogP contribution in [-0.4, -0.2) is 29.7 Å². The molecule has 1 aliphatic carbocycles. The molecule has 2 fully saturated rings. The summed E-state index contributed by atoms with van der Waals surface area (Å²) in [6, 6.07) is 10.6. The second-order valence-corrected chi connectivity index (χ2v) is 7.30. The molecule has 1 aliphatic heterocycles. The van der Waals surface area contributed by atoms with Crippen LogP contribution in [-0.2, 0) is 16.0 Å². The molecule has 0 N–H and O–H groups in total. The maximum absolute atomic E-state index is 12.7. The number of Topliss-reactive ketones (excluding diaryl/α,β-unsaturated/α-hetero) is 1. The molecular formula is C20H27NO2. The number of carbonyl (C=O) groups is 2. The lowest BCUT2D eigenvalue weighted by molar-refractivity contribution is -0.140. The zero-order valence-corrected chi connectivity index (χ0v) is 14.0. The van der Waals surface area contributed by atoms with Gasteiger partial charge in [-0.15, -0.1) is 0 Å². The van der Waals surface area contributed by atoms with Gasteiger partial charge in [0, 0.05) is 31.3 Å². The van der Waals surface area contributed by atoms with E-state index in [4.69, 9.17) is 0 Å². The van der Waals surface area contributed by atoms with Crippen molar-refractivity contribution >= 4 is 11.7 Å². The first-order chi connectivity index (χ1) is 11.1. The zero-order chi connectivity index (χ0) is 16.2. The first-order valence-corrected chi connectivity index (χ1v) is 8.99. The molecule has 0 bridgehead atoms. The Kier molecular flexibility index (Phi) is 5.14. The molecule has 1 aromatic carbocycles. The van der Waals surface area contributed by atoms with E-state index in [0.717, 1.165) is 45.2 Å². The van der Waals surface area contributed by atoms with E-state index in [1.54, 1.807) is 0 Å². The number of ketones is 1. The van der Waals surface area contributed by atoms with Crippen LogP contribution in [0.2, 0.25) is 0 Å². The maximum Gasteiger partial charge on any atom is 0.225 e. The van der Waals surface area contributed by atoms with Gasteiger partial charge in [0.05, 0.1) is 0 Å². The van der Waals surface area contributed by atoms with Crippen molar-refractivity contribution in [2.24, 2.45) is 17.8 Å². The Bertz CT molecular complexity index is 546. The number of amides is 1. The Morgan fingerprint density at radius 2 is 1.83 bits per heavy atom. The molecule has 3 heteroatoms. The second-order valence-electron chi connectivity index (χ2n) is 7.30. The van der Waals surface area contributed by atoms with Crippen molar-refractivity contribution in [3.05, 3.63) is 35.9 Å². The fourth-order valence-corrected chi connectivity index (χ4v) is 4.03. The zero-order valence-electron chi connectivity index (χ0n) is 14.0. The summed E-state index contributed by atoms with van der Waals surface area (Å²) < 4.78 is 0. The molecule has 1 aromatic rings. The molecule has 0 unspecified atom stereocenters. The normalized spacial score (nSPS) is 26.3. The molecule has 23 heavy (non-hydrogen) atoms. The van der Waals surface area contributed by atoms with Gasteiger partial charge in [-0.2, -0.15) is 0 Å². The summed E-state index contributed by atoms with van der Waals surface area (Å²) in [5, 5.41) is 0. The van der Waals surface area contributed by atoms with E-state index in [1.807, 2.05) is 6.92 Å². The number of hydrogen-bond donors (Lipinski definition) is 0. The number of piperidine rings is 1. The number of nitrogens with zero attached hydrogens (tertiary/aromatic N) is 1. The van der Waals surface area contributed by atoms with Crippen LogP contribution < -0.4 is 0 Å². The van der Waals surface area contributed by atoms with E-state index < -0.39 is 0 Å². The summed E-state index contributed by atoms with van der Waals surface area (Å²) in [6.45, 7) is 3.73. The van der Waals surface area contributed by atoms with Crippen LogP contribution in [0.25, 0.3) is 0 Å². The number of carbonyl (C=O) groups excluding carboxylic acids is 2. The Labute approximate surface area is 139 Å². The van der Waals surface area contributed by atoms with Gasteiger partial charge in [-0.25, -0.2) is 0 Å². The summed E-state index contributed by atoms with van der Waals surface area (Å²) in [7, 11) is 0. The molecule has 1 saturated carbocycles. The van der Waals surface area contributed by atoms with Crippen LogP contribution >= 0.6 is 0 Å². The smallest absolute Gasteiger partial charge is 0.225 e. The summed E-state index contributed by atoms with van der Waals surface area (Å²) >= 11 is 0. The predicted molar refractivity (Wildman–Crippen MR) is 91.0 cm³/mol. The average Bonchev–Trinajstić information content (AvgIpc) is 2.58. The van der Waals surface area contributed by atoms with Crippen LogP contribution in [0, 0.1) is 17.8 Å². The Balaban J connectivity index is 1.49. The third kappa shape index (κ3) is 4.01. The van der Waals surface area contributed by atoms with Crippen LogP contribution in [0.15, 0.2) is 30.3 Å². The topological polar surface area (TPSA) is 37.4 Å². The van der Waals surface area contributed by atoms with Crippen molar-refractivity contribution in [2.45, 2.75) is 45.4 Å². The highest BCUT2D eigenvalue weighted by Gasteiger charge is 2.33. The number of benzene rings is 1. The molecule has 0 spiro atoms. The van der Waals surface area contributed by atoms with Crippen molar-refractivity contribution in [3.63, 3.8) is 0 Å². The molecule has 1 saturated heterocycles. The van der Waals surface area contributed by atoms with Gasteiger partial charge in [-0.3, -0.25) is 9.59 Å². The fraction of sp³-hybridized carbons (Fsp3) is 0.600. The lowest BCUT2D eigenvalue weighted by Gasteiger charge is -2.36. The second kappa shape index (κ2) is 7.29. The van der Waals surface area contributed by atoms with Crippen LogP contribution in [0.5, 0.6) is 0 Å². The standard InChI is InChI=1S/C20H27NO2/c1-15-13-18(7-8-19(15)22)20(23)21-11-9-17(10-12-21)14-16-5-3-2-4-6-16/h2-6,15,17-18H,7-14H2,1H3/t15-,18-/m0/s1. The summed E-state index contributed by atoms with van der Waals surface area (Å²) in [5.74, 6) is 1.45. The molecule has 3 rings (SSSR count). The van der Waals surface area contributed by atoms with E-state index >= 15 is 0 Å². The Morgan fingerprint density at radius 1 is 1.13 bits per heavy atom. The number of likely N-dealkylation sites (tertiary alicyclic amines) is 1. The van der Waals surface area contributed by atoms with Crippen molar-refractivity contribution in [3.8, 4) is 0 Å². The van der Waals surface area contributed by atoms with Gasteiger partial charge in [0.2, 0.25) is 5.91 Å². The van der Waals surface area contributed by atoms with Gasteiger partial charge in [-0.05, 0) is 43.6 Å². The lowest BCUT2D eigenvalue weighted by Crippen LogP contribution is -2.43. The van der Waals surface area contributed by atoms with Crippen LogP contribution in [0.3, 0.4) is 0 Å². The van der Waals surface area contributed by atoms with Gasteiger partial charge in [0.25, 0.3) is 0 Å². The van der Waals surface area contributed by atoms with E-state index in [9.17, 15) is 9.59 Å². The van der Waals surface area contributed by atoms with E-state index in [1.165, 1.54) is 5.56 Å². The summed E-state index contributed by atoms with van der Waals surface area (Å²) in [6.07, 6.45) is 5.41. The minimum absolute atomic E-state index is 0.0633. The predicted octanol–water partition coefficient (Wildman–Crippen LogP) is 3.47. The SMILES string of the molecule is C[C@H]1C[C@@H](C(=O)N2CCC(Cc3ccccc3)CC2)CCC1=O. The average molecular weight is 313 g/mol. The molecule has 3 nitrogen and oxygen atoms in total. The highest BCUT2D eigenvalue weighted by atomic mass is 16.2. The van der Waals surface area contributed by atoms with Crippen LogP contribution in [0.1, 0.15) is 44.6 Å². The maximum atomic E-state index is 12.7. The lowest BCUT2D eigenvalue weighted by atomic mass is 9.80. The first-order valence-electron chi connectivity index (χ1n) is 8.99. The highest BCUT2D eigenvalue weighted by Crippen LogP contribution is 2.30. The largest absolute Gasteiger partial charge is 0.342 e. The molecule has 124 valence electrons.